The molecule has 0 amide bonds. The van der Waals surface area contributed by atoms with Gasteiger partial charge in [-0.05, 0) is 47.2 Å². The molecule has 1 atom stereocenters. The number of rotatable bonds is 3. The molecule has 6 nitrogen and oxygen atoms in total. The molecule has 1 aliphatic rings. The number of nitrogens with zero attached hydrogens (tertiary/aromatic N) is 5. The molecule has 0 bridgehead atoms. The van der Waals surface area contributed by atoms with Crippen molar-refractivity contribution < 1.29 is 4.74 Å². The highest BCUT2D eigenvalue weighted by atomic mass is 79.9. The molecule has 3 aromatic rings. The van der Waals surface area contributed by atoms with Gasteiger partial charge in [0.25, 0.3) is 5.95 Å². The van der Waals surface area contributed by atoms with Crippen LogP contribution in [0.25, 0.3) is 5.69 Å². The Bertz CT molecular complexity index is 847. The lowest BCUT2D eigenvalue weighted by atomic mass is 10.1. The number of morpholine rings is 1. The minimum Gasteiger partial charge on any atom is -0.370 e. The van der Waals surface area contributed by atoms with E-state index in [1.54, 1.807) is 4.68 Å². The zero-order valence-electron chi connectivity index (χ0n) is 13.8. The zero-order chi connectivity index (χ0) is 17.2. The lowest BCUT2D eigenvalue weighted by Gasteiger charge is -2.33. The van der Waals surface area contributed by atoms with Crippen molar-refractivity contribution >= 4 is 21.9 Å². The van der Waals surface area contributed by atoms with E-state index < -0.39 is 0 Å². The Morgan fingerprint density at radius 2 is 1.84 bits per heavy atom. The normalized spacial score (nSPS) is 17.7. The predicted octanol–water partition coefficient (Wildman–Crippen LogP) is 3.31. The first-order valence-electron chi connectivity index (χ1n) is 8.18. The topological polar surface area (TPSA) is 56.1 Å². The molecule has 0 saturated carbocycles. The van der Waals surface area contributed by atoms with E-state index in [0.717, 1.165) is 28.2 Å². The number of benzene rings is 2. The quantitative estimate of drug-likeness (QED) is 0.675. The van der Waals surface area contributed by atoms with Crippen LogP contribution in [0.1, 0.15) is 17.2 Å². The van der Waals surface area contributed by atoms with Crippen molar-refractivity contribution in [3.63, 3.8) is 0 Å². The molecule has 0 radical (unpaired) electrons. The van der Waals surface area contributed by atoms with Crippen molar-refractivity contribution in [2.45, 2.75) is 13.0 Å². The first kappa shape index (κ1) is 16.2. The number of hydrogen-bond donors (Lipinski definition) is 0. The summed E-state index contributed by atoms with van der Waals surface area (Å²) in [5.74, 6) is 0.745. The van der Waals surface area contributed by atoms with Gasteiger partial charge in [0, 0.05) is 11.0 Å². The molecule has 0 spiro atoms. The third-order valence-electron chi connectivity index (χ3n) is 4.32. The molecular weight excluding hydrogens is 382 g/mol. The smallest absolute Gasteiger partial charge is 0.250 e. The lowest BCUT2D eigenvalue weighted by molar-refractivity contribution is 0.0391. The molecule has 0 N–H and O–H groups in total. The second-order valence-corrected chi connectivity index (χ2v) is 7.00. The van der Waals surface area contributed by atoms with E-state index in [9.17, 15) is 0 Å². The molecule has 0 aliphatic carbocycles. The third-order valence-corrected chi connectivity index (χ3v) is 4.85. The monoisotopic (exact) mass is 399 g/mol. The van der Waals surface area contributed by atoms with Crippen molar-refractivity contribution in [3.8, 4) is 5.69 Å². The van der Waals surface area contributed by atoms with E-state index in [2.05, 4.69) is 67.5 Å². The molecule has 7 heteroatoms. The highest BCUT2D eigenvalue weighted by molar-refractivity contribution is 9.10. The van der Waals surface area contributed by atoms with E-state index in [4.69, 9.17) is 4.74 Å². The van der Waals surface area contributed by atoms with Crippen LogP contribution in [-0.4, -0.2) is 39.9 Å². The van der Waals surface area contributed by atoms with Crippen molar-refractivity contribution in [1.82, 2.24) is 20.2 Å². The number of anilines is 1. The SMILES string of the molecule is Cc1ccc(-n2nnnc2N2CCOC(c3ccc(Br)cc3)C2)cc1. The van der Waals surface area contributed by atoms with Gasteiger partial charge in [0.15, 0.2) is 0 Å². The first-order valence-corrected chi connectivity index (χ1v) is 8.97. The van der Waals surface area contributed by atoms with Gasteiger partial charge in [-0.2, -0.15) is 4.68 Å². The summed E-state index contributed by atoms with van der Waals surface area (Å²) in [6.07, 6.45) is 0.00465. The molecule has 1 aliphatic heterocycles. The number of aromatic nitrogens is 4. The molecule has 25 heavy (non-hydrogen) atoms. The summed E-state index contributed by atoms with van der Waals surface area (Å²) in [4.78, 5) is 2.18. The Balaban J connectivity index is 1.59. The van der Waals surface area contributed by atoms with Crippen LogP contribution >= 0.6 is 15.9 Å². The van der Waals surface area contributed by atoms with Crippen LogP contribution in [0.4, 0.5) is 5.95 Å². The average molecular weight is 400 g/mol. The fourth-order valence-electron chi connectivity index (χ4n) is 2.94. The van der Waals surface area contributed by atoms with Crippen molar-refractivity contribution in [2.75, 3.05) is 24.6 Å². The van der Waals surface area contributed by atoms with Gasteiger partial charge in [0.1, 0.15) is 6.10 Å². The Kier molecular flexibility index (Phi) is 4.50. The summed E-state index contributed by atoms with van der Waals surface area (Å²) in [6.45, 7) is 4.18. The van der Waals surface area contributed by atoms with Crippen LogP contribution in [0.5, 0.6) is 0 Å². The molecule has 128 valence electrons. The van der Waals surface area contributed by atoms with Gasteiger partial charge < -0.3 is 9.64 Å². The number of ether oxygens (including phenoxy) is 1. The summed E-state index contributed by atoms with van der Waals surface area (Å²) < 4.78 is 8.80. The van der Waals surface area contributed by atoms with Crippen LogP contribution in [-0.2, 0) is 4.74 Å². The fraction of sp³-hybridized carbons (Fsp3) is 0.278. The number of aryl methyl sites for hydroxylation is 1. The summed E-state index contributed by atoms with van der Waals surface area (Å²) in [6, 6.07) is 16.4. The molecule has 2 heterocycles. The molecule has 1 aromatic heterocycles. The van der Waals surface area contributed by atoms with Gasteiger partial charge in [-0.25, -0.2) is 0 Å². The minimum absolute atomic E-state index is 0.00465. The Labute approximate surface area is 154 Å². The Morgan fingerprint density at radius 1 is 1.08 bits per heavy atom. The van der Waals surface area contributed by atoms with Crippen LogP contribution in [0.3, 0.4) is 0 Å². The molecule has 1 fully saturated rings. The van der Waals surface area contributed by atoms with E-state index in [0.29, 0.717) is 13.2 Å². The summed E-state index contributed by atoms with van der Waals surface area (Å²) in [5, 5.41) is 12.3. The van der Waals surface area contributed by atoms with Crippen molar-refractivity contribution in [1.29, 1.82) is 0 Å². The van der Waals surface area contributed by atoms with Crippen molar-refractivity contribution in [2.24, 2.45) is 0 Å². The predicted molar refractivity (Wildman–Crippen MR) is 98.9 cm³/mol. The zero-order valence-corrected chi connectivity index (χ0v) is 15.4. The van der Waals surface area contributed by atoms with Gasteiger partial charge in [-0.15, -0.1) is 0 Å². The summed E-state index contributed by atoms with van der Waals surface area (Å²) >= 11 is 3.47. The van der Waals surface area contributed by atoms with Gasteiger partial charge >= 0.3 is 0 Å². The first-order chi connectivity index (χ1) is 12.2. The Morgan fingerprint density at radius 3 is 2.60 bits per heavy atom. The highest BCUT2D eigenvalue weighted by Crippen LogP contribution is 2.26. The van der Waals surface area contributed by atoms with E-state index in [1.165, 1.54) is 5.56 Å². The number of hydrogen-bond acceptors (Lipinski definition) is 5. The van der Waals surface area contributed by atoms with Crippen LogP contribution < -0.4 is 4.90 Å². The van der Waals surface area contributed by atoms with Gasteiger partial charge in [0.2, 0.25) is 0 Å². The summed E-state index contributed by atoms with van der Waals surface area (Å²) in [5.41, 5.74) is 3.32. The van der Waals surface area contributed by atoms with Crippen molar-refractivity contribution in [3.05, 3.63) is 64.1 Å². The fourth-order valence-corrected chi connectivity index (χ4v) is 3.21. The average Bonchev–Trinajstić information content (AvgIpc) is 3.13. The molecule has 2 aromatic carbocycles. The number of halogens is 1. The second-order valence-electron chi connectivity index (χ2n) is 6.08. The molecule has 1 unspecified atom stereocenters. The van der Waals surface area contributed by atoms with Gasteiger partial charge in [-0.3, -0.25) is 0 Å². The summed E-state index contributed by atoms with van der Waals surface area (Å²) in [7, 11) is 0. The van der Waals surface area contributed by atoms with Crippen LogP contribution in [0.15, 0.2) is 53.0 Å². The molecule has 1 saturated heterocycles. The Hall–Kier alpha value is -2.25. The molecule has 4 rings (SSSR count). The van der Waals surface area contributed by atoms with Gasteiger partial charge in [-0.1, -0.05) is 50.9 Å². The standard InChI is InChI=1S/C18H18BrN5O/c1-13-2-8-16(9-3-13)24-18(20-21-22-24)23-10-11-25-17(12-23)14-4-6-15(19)7-5-14/h2-9,17H,10-12H2,1H3. The van der Waals surface area contributed by atoms with Crippen LogP contribution in [0.2, 0.25) is 0 Å². The van der Waals surface area contributed by atoms with E-state index in [-0.39, 0.29) is 6.10 Å². The maximum atomic E-state index is 5.96. The van der Waals surface area contributed by atoms with E-state index in [1.807, 2.05) is 24.3 Å². The number of tetrazole rings is 1. The van der Waals surface area contributed by atoms with Crippen LogP contribution in [0, 0.1) is 6.92 Å². The lowest BCUT2D eigenvalue weighted by Crippen LogP contribution is -2.39. The minimum atomic E-state index is 0.00465. The van der Waals surface area contributed by atoms with Gasteiger partial charge in [0.05, 0.1) is 18.8 Å². The highest BCUT2D eigenvalue weighted by Gasteiger charge is 2.26. The van der Waals surface area contributed by atoms with E-state index >= 15 is 0 Å². The molecular formula is C18H18BrN5O. The third kappa shape index (κ3) is 3.43. The maximum Gasteiger partial charge on any atom is 0.250 e. The largest absolute Gasteiger partial charge is 0.370 e. The maximum absolute atomic E-state index is 5.96. The second kappa shape index (κ2) is 6.93.